The van der Waals surface area contributed by atoms with Crippen molar-refractivity contribution in [2.24, 2.45) is 0 Å². The standard InChI is InChI=1S/C14H14ClNO5/c1-2-20-14(17)8-10-4-6-13(21-10)11-7-9(15)3-5-12(11)16(18)19/h3,5,7-8,13H,2,4,6H2,1H3/b10-8+. The van der Waals surface area contributed by atoms with E-state index in [1.54, 1.807) is 6.92 Å². The highest BCUT2D eigenvalue weighted by atomic mass is 35.5. The Balaban J connectivity index is 2.20. The lowest BCUT2D eigenvalue weighted by atomic mass is 10.0. The molecule has 1 aromatic rings. The topological polar surface area (TPSA) is 78.7 Å². The van der Waals surface area contributed by atoms with Crippen molar-refractivity contribution in [3.8, 4) is 0 Å². The molecule has 6 nitrogen and oxygen atoms in total. The van der Waals surface area contributed by atoms with Crippen molar-refractivity contribution >= 4 is 23.3 Å². The Morgan fingerprint density at radius 2 is 2.38 bits per heavy atom. The second-order valence-corrected chi connectivity index (χ2v) is 4.90. The first-order valence-corrected chi connectivity index (χ1v) is 6.87. The van der Waals surface area contributed by atoms with Gasteiger partial charge in [0, 0.05) is 17.5 Å². The fraction of sp³-hybridized carbons (Fsp3) is 0.357. The molecule has 1 aliphatic heterocycles. The molecule has 0 bridgehead atoms. The molecule has 0 N–H and O–H groups in total. The summed E-state index contributed by atoms with van der Waals surface area (Å²) in [7, 11) is 0. The fourth-order valence-corrected chi connectivity index (χ4v) is 2.34. The molecule has 0 aromatic heterocycles. The normalized spacial score (nSPS) is 19.3. The number of allylic oxidation sites excluding steroid dienone is 1. The van der Waals surface area contributed by atoms with E-state index < -0.39 is 17.0 Å². The maximum absolute atomic E-state index is 11.4. The summed E-state index contributed by atoms with van der Waals surface area (Å²) in [5.41, 5.74) is 0.376. The van der Waals surface area contributed by atoms with Gasteiger partial charge in [0.2, 0.25) is 0 Å². The van der Waals surface area contributed by atoms with Crippen molar-refractivity contribution in [3.63, 3.8) is 0 Å². The van der Waals surface area contributed by atoms with Crippen molar-refractivity contribution in [3.05, 3.63) is 50.7 Å². The molecular formula is C14H14ClNO5. The number of carbonyl (C=O) groups is 1. The van der Waals surface area contributed by atoms with E-state index in [9.17, 15) is 14.9 Å². The van der Waals surface area contributed by atoms with Crippen molar-refractivity contribution < 1.29 is 19.2 Å². The number of carbonyl (C=O) groups excluding carboxylic acids is 1. The number of rotatable bonds is 4. The van der Waals surface area contributed by atoms with Gasteiger partial charge >= 0.3 is 5.97 Å². The number of ether oxygens (including phenoxy) is 2. The summed E-state index contributed by atoms with van der Waals surface area (Å²) in [6, 6.07) is 4.35. The van der Waals surface area contributed by atoms with Crippen molar-refractivity contribution in [2.75, 3.05) is 6.61 Å². The molecule has 112 valence electrons. The maximum Gasteiger partial charge on any atom is 0.334 e. The summed E-state index contributed by atoms with van der Waals surface area (Å²) < 4.78 is 10.4. The van der Waals surface area contributed by atoms with Crippen LogP contribution in [-0.4, -0.2) is 17.5 Å². The molecule has 1 aromatic carbocycles. The number of esters is 1. The van der Waals surface area contributed by atoms with E-state index >= 15 is 0 Å². The van der Waals surface area contributed by atoms with Crippen molar-refractivity contribution in [1.29, 1.82) is 0 Å². The molecule has 21 heavy (non-hydrogen) atoms. The monoisotopic (exact) mass is 311 g/mol. The number of hydrogen-bond acceptors (Lipinski definition) is 5. The Labute approximate surface area is 126 Å². The van der Waals surface area contributed by atoms with Gasteiger partial charge in [0.25, 0.3) is 5.69 Å². The third-order valence-corrected chi connectivity index (χ3v) is 3.28. The van der Waals surface area contributed by atoms with E-state index in [0.29, 0.717) is 29.2 Å². The molecule has 1 unspecified atom stereocenters. The third-order valence-electron chi connectivity index (χ3n) is 3.05. The van der Waals surface area contributed by atoms with Gasteiger partial charge in [0.1, 0.15) is 11.9 Å². The van der Waals surface area contributed by atoms with Crippen LogP contribution >= 0.6 is 11.6 Å². The first kappa shape index (κ1) is 15.3. The molecule has 1 saturated heterocycles. The van der Waals surface area contributed by atoms with E-state index in [2.05, 4.69) is 0 Å². The van der Waals surface area contributed by atoms with E-state index in [1.807, 2.05) is 0 Å². The minimum Gasteiger partial charge on any atom is -0.490 e. The summed E-state index contributed by atoms with van der Waals surface area (Å²) in [4.78, 5) is 21.9. The maximum atomic E-state index is 11.4. The van der Waals surface area contributed by atoms with Gasteiger partial charge in [-0.25, -0.2) is 4.79 Å². The van der Waals surface area contributed by atoms with Gasteiger partial charge in [0.05, 0.1) is 23.2 Å². The van der Waals surface area contributed by atoms with Crippen LogP contribution in [0.3, 0.4) is 0 Å². The molecule has 0 amide bonds. The van der Waals surface area contributed by atoms with Crippen LogP contribution in [-0.2, 0) is 14.3 Å². The molecule has 1 heterocycles. The highest BCUT2D eigenvalue weighted by Gasteiger charge is 2.29. The van der Waals surface area contributed by atoms with E-state index in [-0.39, 0.29) is 12.3 Å². The zero-order valence-corrected chi connectivity index (χ0v) is 12.1. The van der Waals surface area contributed by atoms with Crippen LogP contribution in [0.1, 0.15) is 31.4 Å². The summed E-state index contributed by atoms with van der Waals surface area (Å²) in [5.74, 6) is -0.0125. The zero-order chi connectivity index (χ0) is 15.4. The van der Waals surface area contributed by atoms with Crippen molar-refractivity contribution in [2.45, 2.75) is 25.9 Å². The minimum atomic E-state index is -0.482. The summed E-state index contributed by atoms with van der Waals surface area (Å²) in [6.45, 7) is 2.00. The lowest BCUT2D eigenvalue weighted by Crippen LogP contribution is -2.03. The average Bonchev–Trinajstić information content (AvgIpc) is 2.86. The number of nitro groups is 1. The SMILES string of the molecule is CCOC(=O)/C=C1\CCC(c2cc(Cl)ccc2[N+](=O)[O-])O1. The quantitative estimate of drug-likeness (QED) is 0.368. The Morgan fingerprint density at radius 1 is 1.62 bits per heavy atom. The lowest BCUT2D eigenvalue weighted by molar-refractivity contribution is -0.386. The van der Waals surface area contributed by atoms with Gasteiger partial charge in [0.15, 0.2) is 0 Å². The molecule has 1 fully saturated rings. The van der Waals surface area contributed by atoms with Crippen LogP contribution in [0, 0.1) is 10.1 Å². The van der Waals surface area contributed by atoms with E-state index in [4.69, 9.17) is 21.1 Å². The highest BCUT2D eigenvalue weighted by molar-refractivity contribution is 6.30. The summed E-state index contributed by atoms with van der Waals surface area (Å²) in [5, 5.41) is 11.5. The average molecular weight is 312 g/mol. The largest absolute Gasteiger partial charge is 0.490 e. The summed E-state index contributed by atoms with van der Waals surface area (Å²) >= 11 is 5.90. The highest BCUT2D eigenvalue weighted by Crippen LogP contribution is 2.39. The van der Waals surface area contributed by atoms with E-state index in [0.717, 1.165) is 0 Å². The Morgan fingerprint density at radius 3 is 3.05 bits per heavy atom. The smallest absolute Gasteiger partial charge is 0.334 e. The van der Waals surface area contributed by atoms with Gasteiger partial charge in [-0.3, -0.25) is 10.1 Å². The minimum absolute atomic E-state index is 0.0400. The van der Waals surface area contributed by atoms with Crippen molar-refractivity contribution in [1.82, 2.24) is 0 Å². The number of halogens is 1. The third kappa shape index (κ3) is 3.72. The number of nitrogens with zero attached hydrogens (tertiary/aromatic N) is 1. The molecular weight excluding hydrogens is 298 g/mol. The fourth-order valence-electron chi connectivity index (χ4n) is 2.16. The first-order valence-electron chi connectivity index (χ1n) is 6.49. The first-order chi connectivity index (χ1) is 10.0. The van der Waals surface area contributed by atoms with Gasteiger partial charge in [-0.15, -0.1) is 0 Å². The second-order valence-electron chi connectivity index (χ2n) is 4.47. The van der Waals surface area contributed by atoms with Gasteiger partial charge in [-0.2, -0.15) is 0 Å². The van der Waals surface area contributed by atoms with Crippen LogP contribution < -0.4 is 0 Å². The second kappa shape index (κ2) is 6.58. The molecule has 0 saturated carbocycles. The molecule has 0 spiro atoms. The molecule has 1 aliphatic rings. The number of hydrogen-bond donors (Lipinski definition) is 0. The van der Waals surface area contributed by atoms with Gasteiger partial charge in [-0.1, -0.05) is 11.6 Å². The van der Waals surface area contributed by atoms with Crippen LogP contribution in [0.4, 0.5) is 5.69 Å². The van der Waals surface area contributed by atoms with Gasteiger partial charge in [-0.05, 0) is 25.5 Å². The zero-order valence-electron chi connectivity index (χ0n) is 11.4. The predicted octanol–water partition coefficient (Wildman–Crippen LogP) is 3.55. The molecule has 7 heteroatoms. The number of nitro benzene ring substituents is 1. The number of benzene rings is 1. The predicted molar refractivity (Wildman–Crippen MR) is 75.9 cm³/mol. The molecule has 0 radical (unpaired) electrons. The van der Waals surface area contributed by atoms with Crippen LogP contribution in [0.15, 0.2) is 30.0 Å². The molecule has 0 aliphatic carbocycles. The Hall–Kier alpha value is -2.08. The van der Waals surface area contributed by atoms with E-state index in [1.165, 1.54) is 24.3 Å². The molecule has 2 rings (SSSR count). The van der Waals surface area contributed by atoms with Crippen LogP contribution in [0.5, 0.6) is 0 Å². The van der Waals surface area contributed by atoms with Gasteiger partial charge < -0.3 is 9.47 Å². The lowest BCUT2D eigenvalue weighted by Gasteiger charge is -2.11. The van der Waals surface area contributed by atoms with Crippen LogP contribution in [0.25, 0.3) is 0 Å². The Bertz CT molecular complexity index is 599. The Kier molecular flexibility index (Phi) is 4.80. The molecule has 1 atom stereocenters. The van der Waals surface area contributed by atoms with Crippen LogP contribution in [0.2, 0.25) is 5.02 Å². The summed E-state index contributed by atoms with van der Waals surface area (Å²) in [6.07, 6.45) is 1.86.